The van der Waals surface area contributed by atoms with E-state index in [-0.39, 0.29) is 64.8 Å². The van der Waals surface area contributed by atoms with Gasteiger partial charge >= 0.3 is 11.9 Å². The molecule has 4 fully saturated rings. The fraction of sp³-hybridized carbons (Fsp3) is 0.926. The summed E-state index contributed by atoms with van der Waals surface area (Å²) < 4.78 is 5.60. The number of aliphatic hydroxyl groups excluding tert-OH is 2. The molecule has 6 nitrogen and oxygen atoms in total. The number of carboxylic acid groups (broad SMARTS) is 1. The van der Waals surface area contributed by atoms with Crippen molar-refractivity contribution in [2.24, 2.45) is 52.3 Å². The molecule has 0 aromatic rings. The summed E-state index contributed by atoms with van der Waals surface area (Å²) in [6.07, 6.45) is 5.10. The van der Waals surface area contributed by atoms with Gasteiger partial charge in [0.2, 0.25) is 0 Å². The molecular weight excluding hydrogens is 420 g/mol. The normalized spacial score (nSPS) is 50.0. The van der Waals surface area contributed by atoms with Gasteiger partial charge in [0.1, 0.15) is 6.10 Å². The predicted octanol–water partition coefficient (Wildman–Crippen LogP) is 4.27. The SMILES string of the molecule is CC[C@H]1[C@@H](O)C2C3CC[C@H]([C@H](C)CC(=O)O)[C@@]3(C)C[C@H](O)C2[C@@]2(C)CC[C@@H](OC(C)=O)C[C@@H]12. The molecule has 4 rings (SSSR count). The van der Waals surface area contributed by atoms with Crippen LogP contribution < -0.4 is 0 Å². The molecule has 0 aromatic heterocycles. The van der Waals surface area contributed by atoms with Crippen LogP contribution in [0.2, 0.25) is 0 Å². The number of esters is 1. The number of hydrogen-bond acceptors (Lipinski definition) is 5. The summed E-state index contributed by atoms with van der Waals surface area (Å²) in [6, 6.07) is 0. The van der Waals surface area contributed by atoms with E-state index in [0.717, 1.165) is 38.5 Å². The summed E-state index contributed by atoms with van der Waals surface area (Å²) in [4.78, 5) is 23.0. The van der Waals surface area contributed by atoms with E-state index < -0.39 is 18.2 Å². The standard InChI is InChI=1S/C27H44O6/c1-6-17-20-12-16(33-15(3)28)9-10-26(20,4)24-21(29)13-27(5)18(14(2)11-22(30)31)7-8-19(27)23(24)25(17)32/h14,16-21,23-25,29,32H,6-13H2,1-5H3,(H,30,31)/t14-,16-,17-,18-,19?,20+,21+,23?,24?,25-,26+,27-/m1/s1. The molecule has 0 radical (unpaired) electrons. The monoisotopic (exact) mass is 464 g/mol. The molecule has 188 valence electrons. The first kappa shape index (κ1) is 25.0. The van der Waals surface area contributed by atoms with Gasteiger partial charge in [-0.3, -0.25) is 9.59 Å². The Morgan fingerprint density at radius 1 is 1.09 bits per heavy atom. The number of carbonyl (C=O) groups excluding carboxylic acids is 1. The Morgan fingerprint density at radius 3 is 2.39 bits per heavy atom. The highest BCUT2D eigenvalue weighted by molar-refractivity contribution is 5.67. The third-order valence-corrected chi connectivity index (χ3v) is 10.9. The van der Waals surface area contributed by atoms with Gasteiger partial charge in [0.25, 0.3) is 0 Å². The minimum Gasteiger partial charge on any atom is -0.481 e. The van der Waals surface area contributed by atoms with Crippen LogP contribution in [0.15, 0.2) is 0 Å². The highest BCUT2D eigenvalue weighted by atomic mass is 16.5. The number of fused-ring (bicyclic) bond motifs is 5. The van der Waals surface area contributed by atoms with Crippen molar-refractivity contribution in [1.29, 1.82) is 0 Å². The molecule has 0 aromatic carbocycles. The van der Waals surface area contributed by atoms with Crippen LogP contribution in [0.1, 0.15) is 86.0 Å². The molecule has 0 spiro atoms. The Morgan fingerprint density at radius 2 is 1.79 bits per heavy atom. The predicted molar refractivity (Wildman–Crippen MR) is 124 cm³/mol. The maximum absolute atomic E-state index is 11.8. The van der Waals surface area contributed by atoms with E-state index in [1.165, 1.54) is 6.92 Å². The second-order valence-electron chi connectivity index (χ2n) is 12.4. The van der Waals surface area contributed by atoms with E-state index in [9.17, 15) is 24.9 Å². The second-order valence-corrected chi connectivity index (χ2v) is 12.4. The van der Waals surface area contributed by atoms with Gasteiger partial charge in [0.15, 0.2) is 0 Å². The summed E-state index contributed by atoms with van der Waals surface area (Å²) in [5.74, 6) is 0.0404. The molecule has 12 atom stereocenters. The van der Waals surface area contributed by atoms with Crippen molar-refractivity contribution < 1.29 is 29.6 Å². The molecule has 0 heterocycles. The van der Waals surface area contributed by atoms with Crippen LogP contribution in [0.25, 0.3) is 0 Å². The Kier molecular flexibility index (Phi) is 6.67. The molecule has 0 bridgehead atoms. The molecule has 4 aliphatic rings. The van der Waals surface area contributed by atoms with Crippen molar-refractivity contribution in [2.75, 3.05) is 0 Å². The first-order valence-corrected chi connectivity index (χ1v) is 13.2. The molecular formula is C27H44O6. The average Bonchev–Trinajstić information content (AvgIpc) is 3.04. The van der Waals surface area contributed by atoms with E-state index >= 15 is 0 Å². The topological polar surface area (TPSA) is 104 Å². The van der Waals surface area contributed by atoms with Crippen molar-refractivity contribution in [1.82, 2.24) is 0 Å². The zero-order chi connectivity index (χ0) is 24.3. The Bertz CT molecular complexity index is 768. The van der Waals surface area contributed by atoms with Gasteiger partial charge in [-0.05, 0) is 90.8 Å². The number of aliphatic carboxylic acids is 1. The van der Waals surface area contributed by atoms with Crippen molar-refractivity contribution in [3.05, 3.63) is 0 Å². The van der Waals surface area contributed by atoms with Crippen molar-refractivity contribution in [2.45, 2.75) is 104 Å². The Hall–Kier alpha value is -1.14. The number of ether oxygens (including phenoxy) is 1. The highest BCUT2D eigenvalue weighted by Gasteiger charge is 2.67. The Labute approximate surface area is 198 Å². The average molecular weight is 465 g/mol. The third kappa shape index (κ3) is 3.93. The van der Waals surface area contributed by atoms with Gasteiger partial charge in [0.05, 0.1) is 12.2 Å². The molecule has 3 N–H and O–H groups in total. The lowest BCUT2D eigenvalue weighted by Crippen LogP contribution is -2.66. The molecule has 0 amide bonds. The number of carbonyl (C=O) groups is 2. The molecule has 0 saturated heterocycles. The molecule has 4 saturated carbocycles. The largest absolute Gasteiger partial charge is 0.481 e. The highest BCUT2D eigenvalue weighted by Crippen LogP contribution is 2.69. The van der Waals surface area contributed by atoms with Crippen LogP contribution in [-0.4, -0.2) is 45.6 Å². The number of rotatable bonds is 5. The molecule has 0 aliphatic heterocycles. The van der Waals surface area contributed by atoms with Gasteiger partial charge in [0, 0.05) is 13.3 Å². The lowest BCUT2D eigenvalue weighted by molar-refractivity contribution is -0.237. The van der Waals surface area contributed by atoms with Gasteiger partial charge in [-0.25, -0.2) is 0 Å². The minimum atomic E-state index is -0.757. The smallest absolute Gasteiger partial charge is 0.303 e. The lowest BCUT2D eigenvalue weighted by Gasteiger charge is -2.66. The van der Waals surface area contributed by atoms with Gasteiger partial charge < -0.3 is 20.1 Å². The van der Waals surface area contributed by atoms with Crippen LogP contribution in [0, 0.1) is 52.3 Å². The number of carboxylic acids is 1. The van der Waals surface area contributed by atoms with Crippen molar-refractivity contribution in [3.8, 4) is 0 Å². The van der Waals surface area contributed by atoms with Crippen LogP contribution in [0.5, 0.6) is 0 Å². The van der Waals surface area contributed by atoms with Gasteiger partial charge in [-0.1, -0.05) is 34.1 Å². The maximum Gasteiger partial charge on any atom is 0.303 e. The zero-order valence-electron chi connectivity index (χ0n) is 21.0. The number of aliphatic hydroxyl groups is 2. The van der Waals surface area contributed by atoms with Crippen molar-refractivity contribution in [3.63, 3.8) is 0 Å². The second kappa shape index (κ2) is 8.82. The van der Waals surface area contributed by atoms with Crippen LogP contribution in [-0.2, 0) is 14.3 Å². The fourth-order valence-corrected chi connectivity index (χ4v) is 9.79. The van der Waals surface area contributed by atoms with Crippen LogP contribution in [0.3, 0.4) is 0 Å². The van der Waals surface area contributed by atoms with Crippen LogP contribution >= 0.6 is 0 Å². The summed E-state index contributed by atoms with van der Waals surface area (Å²) >= 11 is 0. The Balaban J connectivity index is 1.67. The summed E-state index contributed by atoms with van der Waals surface area (Å²) in [5, 5.41) is 32.9. The van der Waals surface area contributed by atoms with Gasteiger partial charge in [-0.2, -0.15) is 0 Å². The molecule has 6 heteroatoms. The lowest BCUT2D eigenvalue weighted by atomic mass is 9.40. The molecule has 33 heavy (non-hydrogen) atoms. The summed E-state index contributed by atoms with van der Waals surface area (Å²) in [5.41, 5.74) is -0.237. The van der Waals surface area contributed by atoms with E-state index in [1.54, 1.807) is 0 Å². The zero-order valence-corrected chi connectivity index (χ0v) is 21.0. The van der Waals surface area contributed by atoms with Crippen LogP contribution in [0.4, 0.5) is 0 Å². The number of hydrogen-bond donors (Lipinski definition) is 3. The summed E-state index contributed by atoms with van der Waals surface area (Å²) in [7, 11) is 0. The van der Waals surface area contributed by atoms with Gasteiger partial charge in [-0.15, -0.1) is 0 Å². The fourth-order valence-electron chi connectivity index (χ4n) is 9.79. The minimum absolute atomic E-state index is 0.0326. The van der Waals surface area contributed by atoms with E-state index in [1.807, 2.05) is 6.92 Å². The van der Waals surface area contributed by atoms with E-state index in [4.69, 9.17) is 4.74 Å². The maximum atomic E-state index is 11.8. The quantitative estimate of drug-likeness (QED) is 0.525. The van der Waals surface area contributed by atoms with E-state index in [2.05, 4.69) is 20.8 Å². The van der Waals surface area contributed by atoms with E-state index in [0.29, 0.717) is 12.3 Å². The van der Waals surface area contributed by atoms with Crippen molar-refractivity contribution >= 4 is 11.9 Å². The third-order valence-electron chi connectivity index (χ3n) is 10.9. The first-order chi connectivity index (χ1) is 15.4. The summed E-state index contributed by atoms with van der Waals surface area (Å²) in [6.45, 7) is 10.2. The molecule has 3 unspecified atom stereocenters. The first-order valence-electron chi connectivity index (χ1n) is 13.2. The molecule has 4 aliphatic carbocycles.